The van der Waals surface area contributed by atoms with Crippen molar-refractivity contribution in [2.75, 3.05) is 0 Å². The Kier molecular flexibility index (Phi) is 3.64. The SMILES string of the molecule is N[C@@H]1CCCC[C@H]1NCc1cnccn1. The lowest BCUT2D eigenvalue weighted by Crippen LogP contribution is -2.46. The average molecular weight is 206 g/mol. The predicted octanol–water partition coefficient (Wildman–Crippen LogP) is 0.836. The topological polar surface area (TPSA) is 63.8 Å². The van der Waals surface area contributed by atoms with Crippen molar-refractivity contribution >= 4 is 0 Å². The summed E-state index contributed by atoms with van der Waals surface area (Å²) in [6.07, 6.45) is 10.1. The number of aromatic nitrogens is 2. The quantitative estimate of drug-likeness (QED) is 0.769. The van der Waals surface area contributed by atoms with Crippen LogP contribution in [-0.2, 0) is 6.54 Å². The van der Waals surface area contributed by atoms with Crippen molar-refractivity contribution in [3.05, 3.63) is 24.3 Å². The summed E-state index contributed by atoms with van der Waals surface area (Å²) in [4.78, 5) is 8.26. The van der Waals surface area contributed by atoms with Crippen LogP contribution in [0.3, 0.4) is 0 Å². The molecule has 82 valence electrons. The molecule has 1 fully saturated rings. The van der Waals surface area contributed by atoms with Crippen LogP contribution in [-0.4, -0.2) is 22.1 Å². The molecule has 4 heteroatoms. The summed E-state index contributed by atoms with van der Waals surface area (Å²) in [6.45, 7) is 0.770. The second kappa shape index (κ2) is 5.19. The molecular formula is C11H18N4. The number of nitrogens with two attached hydrogens (primary N) is 1. The van der Waals surface area contributed by atoms with Crippen molar-refractivity contribution in [2.45, 2.75) is 44.3 Å². The molecule has 1 aromatic rings. The molecule has 3 N–H and O–H groups in total. The Morgan fingerprint density at radius 2 is 2.20 bits per heavy atom. The fourth-order valence-electron chi connectivity index (χ4n) is 2.07. The fourth-order valence-corrected chi connectivity index (χ4v) is 2.07. The van der Waals surface area contributed by atoms with Gasteiger partial charge >= 0.3 is 0 Å². The normalized spacial score (nSPS) is 26.5. The molecule has 1 aliphatic carbocycles. The number of hydrogen-bond donors (Lipinski definition) is 2. The minimum absolute atomic E-state index is 0.301. The monoisotopic (exact) mass is 206 g/mol. The van der Waals surface area contributed by atoms with E-state index in [-0.39, 0.29) is 0 Å². The van der Waals surface area contributed by atoms with E-state index in [1.54, 1.807) is 18.6 Å². The van der Waals surface area contributed by atoms with Gasteiger partial charge in [-0.3, -0.25) is 9.97 Å². The van der Waals surface area contributed by atoms with Gasteiger partial charge in [0.25, 0.3) is 0 Å². The van der Waals surface area contributed by atoms with Gasteiger partial charge in [-0.1, -0.05) is 12.8 Å². The highest BCUT2D eigenvalue weighted by molar-refractivity contribution is 4.95. The van der Waals surface area contributed by atoms with Crippen molar-refractivity contribution in [3.8, 4) is 0 Å². The molecule has 1 heterocycles. The second-order valence-electron chi connectivity index (χ2n) is 4.13. The molecule has 0 aliphatic heterocycles. The Morgan fingerprint density at radius 3 is 2.93 bits per heavy atom. The molecule has 0 bridgehead atoms. The average Bonchev–Trinajstić information content (AvgIpc) is 2.29. The summed E-state index contributed by atoms with van der Waals surface area (Å²) in [6, 6.07) is 0.746. The fraction of sp³-hybridized carbons (Fsp3) is 0.636. The summed E-state index contributed by atoms with van der Waals surface area (Å²) in [5.74, 6) is 0. The summed E-state index contributed by atoms with van der Waals surface area (Å²) < 4.78 is 0. The third-order valence-corrected chi connectivity index (χ3v) is 2.98. The zero-order valence-electron chi connectivity index (χ0n) is 8.89. The summed E-state index contributed by atoms with van der Waals surface area (Å²) in [7, 11) is 0. The van der Waals surface area contributed by atoms with E-state index in [4.69, 9.17) is 5.73 Å². The zero-order chi connectivity index (χ0) is 10.5. The molecule has 0 spiro atoms. The lowest BCUT2D eigenvalue weighted by molar-refractivity contribution is 0.325. The third kappa shape index (κ3) is 2.97. The first kappa shape index (κ1) is 10.5. The maximum absolute atomic E-state index is 6.04. The smallest absolute Gasteiger partial charge is 0.0724 e. The largest absolute Gasteiger partial charge is 0.326 e. The van der Waals surface area contributed by atoms with Gasteiger partial charge < -0.3 is 11.1 Å². The van der Waals surface area contributed by atoms with Crippen LogP contribution in [0.5, 0.6) is 0 Å². The zero-order valence-corrected chi connectivity index (χ0v) is 8.89. The van der Waals surface area contributed by atoms with Crippen LogP contribution in [0.4, 0.5) is 0 Å². The van der Waals surface area contributed by atoms with Gasteiger partial charge in [0.15, 0.2) is 0 Å². The first-order chi connectivity index (χ1) is 7.36. The summed E-state index contributed by atoms with van der Waals surface area (Å²) >= 11 is 0. The highest BCUT2D eigenvalue weighted by atomic mass is 15.0. The van der Waals surface area contributed by atoms with Crippen LogP contribution in [0.1, 0.15) is 31.4 Å². The first-order valence-corrected chi connectivity index (χ1v) is 5.60. The molecule has 0 radical (unpaired) electrons. The predicted molar refractivity (Wildman–Crippen MR) is 59.1 cm³/mol. The van der Waals surface area contributed by atoms with Crippen LogP contribution < -0.4 is 11.1 Å². The molecule has 2 atom stereocenters. The molecule has 1 aromatic heterocycles. The number of rotatable bonds is 3. The lowest BCUT2D eigenvalue weighted by Gasteiger charge is -2.29. The lowest BCUT2D eigenvalue weighted by atomic mass is 9.91. The van der Waals surface area contributed by atoms with Crippen LogP contribution in [0, 0.1) is 0 Å². The minimum atomic E-state index is 0.301. The van der Waals surface area contributed by atoms with Gasteiger partial charge in [-0.25, -0.2) is 0 Å². The van der Waals surface area contributed by atoms with Gasteiger partial charge in [-0.05, 0) is 12.8 Å². The molecule has 1 saturated carbocycles. The van der Waals surface area contributed by atoms with E-state index in [9.17, 15) is 0 Å². The molecule has 0 aromatic carbocycles. The van der Waals surface area contributed by atoms with E-state index >= 15 is 0 Å². The number of nitrogens with zero attached hydrogens (tertiary/aromatic N) is 2. The molecule has 4 nitrogen and oxygen atoms in total. The Labute approximate surface area is 90.3 Å². The van der Waals surface area contributed by atoms with Gasteiger partial charge in [0.2, 0.25) is 0 Å². The molecule has 0 unspecified atom stereocenters. The van der Waals surface area contributed by atoms with Gasteiger partial charge in [-0.15, -0.1) is 0 Å². The van der Waals surface area contributed by atoms with Crippen molar-refractivity contribution in [1.82, 2.24) is 15.3 Å². The number of hydrogen-bond acceptors (Lipinski definition) is 4. The highest BCUT2D eigenvalue weighted by Crippen LogP contribution is 2.16. The maximum Gasteiger partial charge on any atom is 0.0724 e. The standard InChI is InChI=1S/C11H18N4/c12-10-3-1-2-4-11(10)15-8-9-7-13-5-6-14-9/h5-7,10-11,15H,1-4,8,12H2/t10-,11-/m1/s1. The van der Waals surface area contributed by atoms with Crippen LogP contribution in [0.15, 0.2) is 18.6 Å². The third-order valence-electron chi connectivity index (χ3n) is 2.98. The molecule has 0 amide bonds. The number of nitrogens with one attached hydrogen (secondary N) is 1. The second-order valence-corrected chi connectivity index (χ2v) is 4.13. The molecule has 0 saturated heterocycles. The minimum Gasteiger partial charge on any atom is -0.326 e. The van der Waals surface area contributed by atoms with Crippen molar-refractivity contribution in [1.29, 1.82) is 0 Å². The van der Waals surface area contributed by atoms with Crippen molar-refractivity contribution < 1.29 is 0 Å². The van der Waals surface area contributed by atoms with E-state index in [0.717, 1.165) is 18.7 Å². The van der Waals surface area contributed by atoms with Crippen LogP contribution >= 0.6 is 0 Å². The van der Waals surface area contributed by atoms with Crippen LogP contribution in [0.2, 0.25) is 0 Å². The van der Waals surface area contributed by atoms with Crippen molar-refractivity contribution in [3.63, 3.8) is 0 Å². The van der Waals surface area contributed by atoms with Gasteiger partial charge in [0.1, 0.15) is 0 Å². The first-order valence-electron chi connectivity index (χ1n) is 5.60. The van der Waals surface area contributed by atoms with E-state index in [2.05, 4.69) is 15.3 Å². The molecule has 1 aliphatic rings. The van der Waals surface area contributed by atoms with E-state index in [0.29, 0.717) is 12.1 Å². The maximum atomic E-state index is 6.04. The Bertz CT molecular complexity index is 288. The Balaban J connectivity index is 1.82. The molecule has 2 rings (SSSR count). The van der Waals surface area contributed by atoms with Crippen molar-refractivity contribution in [2.24, 2.45) is 5.73 Å². The Morgan fingerprint density at radius 1 is 1.33 bits per heavy atom. The van der Waals surface area contributed by atoms with E-state index in [1.165, 1.54) is 19.3 Å². The van der Waals surface area contributed by atoms with Crippen LogP contribution in [0.25, 0.3) is 0 Å². The van der Waals surface area contributed by atoms with E-state index in [1.807, 2.05) is 0 Å². The van der Waals surface area contributed by atoms with Gasteiger partial charge in [-0.2, -0.15) is 0 Å². The summed E-state index contributed by atoms with van der Waals surface area (Å²) in [5, 5.41) is 3.46. The van der Waals surface area contributed by atoms with Gasteiger partial charge in [0.05, 0.1) is 5.69 Å². The van der Waals surface area contributed by atoms with E-state index < -0.39 is 0 Å². The van der Waals surface area contributed by atoms with Gasteiger partial charge in [0, 0.05) is 37.2 Å². The molecular weight excluding hydrogens is 188 g/mol. The Hall–Kier alpha value is -1.00. The molecule has 15 heavy (non-hydrogen) atoms. The summed E-state index contributed by atoms with van der Waals surface area (Å²) in [5.41, 5.74) is 7.03. The highest BCUT2D eigenvalue weighted by Gasteiger charge is 2.20.